The second-order valence-corrected chi connectivity index (χ2v) is 3.87. The van der Waals surface area contributed by atoms with Crippen molar-refractivity contribution in [2.24, 2.45) is 11.3 Å². The third kappa shape index (κ3) is 3.72. The molecule has 0 aromatic carbocycles. The molecule has 0 spiro atoms. The van der Waals surface area contributed by atoms with E-state index in [-0.39, 0.29) is 81.3 Å². The van der Waals surface area contributed by atoms with E-state index in [2.05, 4.69) is 10.6 Å². The summed E-state index contributed by atoms with van der Waals surface area (Å²) in [6.07, 6.45) is 1.11. The fraction of sp³-hybridized carbons (Fsp3) is 0.700. The second-order valence-electron chi connectivity index (χ2n) is 3.87. The van der Waals surface area contributed by atoms with Gasteiger partial charge in [0.2, 0.25) is 11.8 Å². The van der Waals surface area contributed by atoms with E-state index in [9.17, 15) is 14.4 Å². The zero-order chi connectivity index (χ0) is 11.6. The van der Waals surface area contributed by atoms with Crippen LogP contribution in [0.4, 0.5) is 4.79 Å². The molecule has 5 nitrogen and oxygen atoms in total. The Bertz CT molecular complexity index is 303. The third-order valence-electron chi connectivity index (χ3n) is 3.28. The van der Waals surface area contributed by atoms with Gasteiger partial charge >= 0.3 is 57.4 Å². The van der Waals surface area contributed by atoms with E-state index >= 15 is 0 Å². The summed E-state index contributed by atoms with van der Waals surface area (Å²) in [6, 6.07) is -0.725. The average Bonchev–Trinajstić information content (AvgIpc) is 2.17. The maximum atomic E-state index is 11.8. The van der Waals surface area contributed by atoms with Crippen molar-refractivity contribution in [3.05, 3.63) is 0 Å². The Hall–Kier alpha value is 0.976. The predicted octanol–water partition coefficient (Wildman–Crippen LogP) is -5.20. The van der Waals surface area contributed by atoms with Gasteiger partial charge in [0.1, 0.15) is 5.41 Å². The summed E-state index contributed by atoms with van der Waals surface area (Å²) in [5, 5.41) is 4.31. The van der Waals surface area contributed by atoms with Crippen LogP contribution in [0.25, 0.3) is 0 Å². The fourth-order valence-corrected chi connectivity index (χ4v) is 2.03. The van der Waals surface area contributed by atoms with Crippen molar-refractivity contribution in [3.8, 4) is 0 Å². The van der Waals surface area contributed by atoms with Gasteiger partial charge in [-0.3, -0.25) is 20.2 Å². The molecule has 1 unspecified atom stereocenters. The molecule has 0 saturated carbocycles. The molecule has 1 heterocycles. The largest absolute Gasteiger partial charge is 1.00 e. The van der Waals surface area contributed by atoms with Crippen molar-refractivity contribution in [2.75, 3.05) is 0 Å². The van der Waals surface area contributed by atoms with E-state index in [1.165, 1.54) is 0 Å². The summed E-state index contributed by atoms with van der Waals surface area (Å²) >= 11 is 0. The number of hydrogen-bond acceptors (Lipinski definition) is 3. The first kappa shape index (κ1) is 20.3. The summed E-state index contributed by atoms with van der Waals surface area (Å²) in [5.74, 6) is -1.04. The van der Waals surface area contributed by atoms with E-state index in [1.54, 1.807) is 6.92 Å². The van der Waals surface area contributed by atoms with Crippen molar-refractivity contribution in [1.82, 2.24) is 10.6 Å². The van der Waals surface area contributed by atoms with Gasteiger partial charge in [0.25, 0.3) is 0 Å². The van der Waals surface area contributed by atoms with Crippen molar-refractivity contribution < 1.29 is 89.7 Å². The van der Waals surface area contributed by atoms with Crippen LogP contribution in [0, 0.1) is 11.3 Å². The zero-order valence-electron chi connectivity index (χ0n) is 10.6. The molecule has 1 rings (SSSR count). The van der Waals surface area contributed by atoms with E-state index in [0.717, 1.165) is 0 Å². The zero-order valence-corrected chi connectivity index (χ0v) is 15.9. The number of hydrogen-bond donors (Lipinski definition) is 2. The molecule has 1 saturated heterocycles. The first-order chi connectivity index (χ1) is 6.98. The van der Waals surface area contributed by atoms with E-state index in [4.69, 9.17) is 0 Å². The average molecular weight is 378 g/mol. The Balaban J connectivity index is 0. The Morgan fingerprint density at radius 2 is 1.53 bits per heavy atom. The molecule has 0 aromatic heterocycles. The predicted molar refractivity (Wildman–Crippen MR) is 53.9 cm³/mol. The topological polar surface area (TPSA) is 75.3 Å². The van der Waals surface area contributed by atoms with Gasteiger partial charge in [0.15, 0.2) is 0 Å². The van der Waals surface area contributed by atoms with Crippen molar-refractivity contribution in [2.45, 2.75) is 33.6 Å². The van der Waals surface area contributed by atoms with Gasteiger partial charge in [0, 0.05) is 0 Å². The quantitative estimate of drug-likeness (QED) is 0.293. The molecule has 0 bridgehead atoms. The smallest absolute Gasteiger partial charge is 1.00 e. The number of amides is 4. The number of carbonyl (C=O) groups is 3. The van der Waals surface area contributed by atoms with E-state index in [0.29, 0.717) is 12.8 Å². The Labute approximate surface area is 161 Å². The van der Waals surface area contributed by atoms with Crippen LogP contribution >= 0.6 is 0 Å². The minimum Gasteiger partial charge on any atom is -1.00 e. The van der Waals surface area contributed by atoms with Gasteiger partial charge in [-0.25, -0.2) is 4.79 Å². The number of barbiturate groups is 1. The summed E-state index contributed by atoms with van der Waals surface area (Å²) in [4.78, 5) is 34.5. The number of urea groups is 1. The molecule has 1 fully saturated rings. The molecule has 0 radical (unpaired) electrons. The van der Waals surface area contributed by atoms with Gasteiger partial charge in [-0.15, -0.1) is 0 Å². The molecule has 2 N–H and O–H groups in total. The van der Waals surface area contributed by atoms with Crippen LogP contribution in [0.2, 0.25) is 0 Å². The van der Waals surface area contributed by atoms with Crippen LogP contribution < -0.4 is 86.0 Å². The van der Waals surface area contributed by atoms with Crippen molar-refractivity contribution in [3.63, 3.8) is 0 Å². The van der Waals surface area contributed by atoms with Crippen molar-refractivity contribution in [1.29, 1.82) is 0 Å². The second kappa shape index (κ2) is 8.21. The molecule has 7 heteroatoms. The van der Waals surface area contributed by atoms with Crippen LogP contribution in [0.3, 0.4) is 0 Å². The summed E-state index contributed by atoms with van der Waals surface area (Å²) in [5.41, 5.74) is -1.09. The molecule has 1 aliphatic rings. The Morgan fingerprint density at radius 3 is 1.82 bits per heavy atom. The molecule has 17 heavy (non-hydrogen) atoms. The molecule has 1 aliphatic heterocycles. The van der Waals surface area contributed by atoms with Gasteiger partial charge in [-0.1, -0.05) is 27.2 Å². The van der Waals surface area contributed by atoms with Crippen LogP contribution in [0.1, 0.15) is 33.6 Å². The summed E-state index contributed by atoms with van der Waals surface area (Å²) in [7, 11) is 0. The maximum absolute atomic E-state index is 11.8. The van der Waals surface area contributed by atoms with Crippen molar-refractivity contribution >= 4 is 17.8 Å². The van der Waals surface area contributed by atoms with Crippen LogP contribution in [-0.2, 0) is 9.59 Å². The SMILES string of the molecule is CCC(C)C1(CC)C(=O)NC(=O)NC1=O.[I-].[K+]. The fourth-order valence-electron chi connectivity index (χ4n) is 2.03. The molecule has 0 aliphatic carbocycles. The van der Waals surface area contributed by atoms with Crippen LogP contribution in [-0.4, -0.2) is 17.8 Å². The van der Waals surface area contributed by atoms with Gasteiger partial charge < -0.3 is 24.0 Å². The summed E-state index contributed by atoms with van der Waals surface area (Å²) in [6.45, 7) is 5.54. The van der Waals surface area contributed by atoms with E-state index in [1.807, 2.05) is 13.8 Å². The van der Waals surface area contributed by atoms with Gasteiger partial charge in [0.05, 0.1) is 0 Å². The monoisotopic (exact) mass is 378 g/mol. The number of nitrogens with one attached hydrogen (secondary N) is 2. The first-order valence-corrected chi connectivity index (χ1v) is 5.15. The number of imide groups is 2. The summed E-state index contributed by atoms with van der Waals surface area (Å²) < 4.78 is 0. The van der Waals surface area contributed by atoms with Crippen LogP contribution in [0.15, 0.2) is 0 Å². The first-order valence-electron chi connectivity index (χ1n) is 5.15. The van der Waals surface area contributed by atoms with E-state index < -0.39 is 23.3 Å². The number of carbonyl (C=O) groups excluding carboxylic acids is 3. The number of halogens is 1. The molecule has 0 aromatic rings. The minimum atomic E-state index is -1.09. The number of rotatable bonds is 3. The third-order valence-corrected chi connectivity index (χ3v) is 3.28. The Kier molecular flexibility index (Phi) is 9.80. The van der Waals surface area contributed by atoms with Crippen LogP contribution in [0.5, 0.6) is 0 Å². The maximum Gasteiger partial charge on any atom is 1.00 e. The van der Waals surface area contributed by atoms with Gasteiger partial charge in [-0.2, -0.15) is 0 Å². The molecular formula is C10H16IKN2O3. The molecule has 1 atom stereocenters. The molecule has 4 amide bonds. The normalized spacial score (nSPS) is 19.4. The molecule has 92 valence electrons. The standard InChI is InChI=1S/C10H16N2O3.HI.K/c1-4-6(3)10(5-2)7(13)11-9(15)12-8(10)14;;/h6H,4-5H2,1-3H3,(H2,11,12,13,14,15);1H;/q;;+1/p-1. The minimum absolute atomic E-state index is 0. The Morgan fingerprint density at radius 1 is 1.12 bits per heavy atom. The molecular weight excluding hydrogens is 362 g/mol. The van der Waals surface area contributed by atoms with Gasteiger partial charge in [-0.05, 0) is 12.3 Å².